The maximum absolute atomic E-state index is 13.3. The van der Waals surface area contributed by atoms with Gasteiger partial charge in [0.1, 0.15) is 0 Å². The zero-order valence-corrected chi connectivity index (χ0v) is 16.9. The van der Waals surface area contributed by atoms with Crippen LogP contribution in [0.5, 0.6) is 0 Å². The molecule has 2 aromatic carbocycles. The van der Waals surface area contributed by atoms with Gasteiger partial charge in [-0.2, -0.15) is 0 Å². The molecule has 1 amide bonds. The summed E-state index contributed by atoms with van der Waals surface area (Å²) in [6.07, 6.45) is 0. The van der Waals surface area contributed by atoms with Gasteiger partial charge < -0.3 is 4.90 Å². The minimum absolute atomic E-state index is 0.00617. The molecule has 4 nitrogen and oxygen atoms in total. The normalized spacial score (nSPS) is 11.3. The Bertz CT molecular complexity index is 946. The lowest BCUT2D eigenvalue weighted by Crippen LogP contribution is -2.36. The van der Waals surface area contributed by atoms with Gasteiger partial charge in [-0.3, -0.25) is 9.69 Å². The predicted molar refractivity (Wildman–Crippen MR) is 111 cm³/mol. The third-order valence-corrected chi connectivity index (χ3v) is 5.65. The lowest BCUT2D eigenvalue weighted by molar-refractivity contribution is 0.0985. The molecule has 0 unspecified atom stereocenters. The Morgan fingerprint density at radius 2 is 1.77 bits per heavy atom. The number of amides is 1. The lowest BCUT2D eigenvalue weighted by Gasteiger charge is -2.22. The summed E-state index contributed by atoms with van der Waals surface area (Å²) in [5.41, 5.74) is 5.15. The first-order valence-electron chi connectivity index (χ1n) is 8.77. The van der Waals surface area contributed by atoms with Gasteiger partial charge in [-0.05, 0) is 69.8 Å². The van der Waals surface area contributed by atoms with Crippen molar-refractivity contribution >= 4 is 32.6 Å². The molecule has 0 aliphatic carbocycles. The topological polar surface area (TPSA) is 36.4 Å². The van der Waals surface area contributed by atoms with Crippen LogP contribution in [0.3, 0.4) is 0 Å². The first-order chi connectivity index (χ1) is 12.4. The second-order valence-electron chi connectivity index (χ2n) is 6.98. The fraction of sp³-hybridized carbons (Fsp3) is 0.333. The predicted octanol–water partition coefficient (Wildman–Crippen LogP) is 4.43. The first-order valence-corrected chi connectivity index (χ1v) is 9.58. The van der Waals surface area contributed by atoms with E-state index in [0.29, 0.717) is 12.1 Å². The average Bonchev–Trinajstić information content (AvgIpc) is 3.02. The lowest BCUT2D eigenvalue weighted by atomic mass is 10.1. The first kappa shape index (κ1) is 18.5. The van der Waals surface area contributed by atoms with Crippen LogP contribution in [0, 0.1) is 20.8 Å². The van der Waals surface area contributed by atoms with E-state index in [2.05, 4.69) is 30.9 Å². The zero-order chi connectivity index (χ0) is 18.8. The van der Waals surface area contributed by atoms with Gasteiger partial charge in [0, 0.05) is 18.7 Å². The van der Waals surface area contributed by atoms with Gasteiger partial charge in [0.15, 0.2) is 5.13 Å². The number of rotatable bonds is 5. The second kappa shape index (κ2) is 7.56. The average molecular weight is 368 g/mol. The molecule has 1 heterocycles. The summed E-state index contributed by atoms with van der Waals surface area (Å²) in [4.78, 5) is 21.9. The Hall–Kier alpha value is -2.24. The van der Waals surface area contributed by atoms with E-state index in [1.54, 1.807) is 11.3 Å². The van der Waals surface area contributed by atoms with E-state index in [4.69, 9.17) is 4.98 Å². The Labute approximate surface area is 159 Å². The molecule has 0 aliphatic rings. The van der Waals surface area contributed by atoms with Crippen LogP contribution in [0.1, 0.15) is 27.0 Å². The molecule has 0 fully saturated rings. The van der Waals surface area contributed by atoms with E-state index in [1.807, 2.05) is 50.2 Å². The molecule has 0 saturated heterocycles. The van der Waals surface area contributed by atoms with Gasteiger partial charge in [0.05, 0.1) is 10.2 Å². The van der Waals surface area contributed by atoms with Crippen LogP contribution in [0.15, 0.2) is 36.4 Å². The number of hydrogen-bond acceptors (Lipinski definition) is 4. The smallest absolute Gasteiger partial charge is 0.260 e. The van der Waals surface area contributed by atoms with Gasteiger partial charge in [0.25, 0.3) is 5.91 Å². The van der Waals surface area contributed by atoms with Crippen molar-refractivity contribution in [2.24, 2.45) is 0 Å². The number of nitrogens with zero attached hydrogens (tertiary/aromatic N) is 3. The number of benzene rings is 2. The molecule has 0 aliphatic heterocycles. The van der Waals surface area contributed by atoms with E-state index in [-0.39, 0.29) is 5.91 Å². The number of aromatic nitrogens is 1. The third-order valence-electron chi connectivity index (χ3n) is 4.61. The quantitative estimate of drug-likeness (QED) is 0.669. The molecule has 3 rings (SSSR count). The summed E-state index contributed by atoms with van der Waals surface area (Å²) in [7, 11) is 4.03. The molecule has 0 bridgehead atoms. The molecule has 0 spiro atoms. The van der Waals surface area contributed by atoms with Crippen LogP contribution in [0.2, 0.25) is 0 Å². The molecular formula is C21H25N3OS. The third kappa shape index (κ3) is 3.79. The van der Waals surface area contributed by atoms with E-state index < -0.39 is 0 Å². The highest BCUT2D eigenvalue weighted by molar-refractivity contribution is 7.22. The van der Waals surface area contributed by atoms with Gasteiger partial charge in [-0.1, -0.05) is 29.5 Å². The highest BCUT2D eigenvalue weighted by atomic mass is 32.1. The van der Waals surface area contributed by atoms with Gasteiger partial charge >= 0.3 is 0 Å². The van der Waals surface area contributed by atoms with Crippen LogP contribution >= 0.6 is 11.3 Å². The maximum Gasteiger partial charge on any atom is 0.260 e. The number of para-hydroxylation sites is 1. The van der Waals surface area contributed by atoms with Crippen molar-refractivity contribution < 1.29 is 4.79 Å². The summed E-state index contributed by atoms with van der Waals surface area (Å²) in [5.74, 6) is 0.00617. The highest BCUT2D eigenvalue weighted by Crippen LogP contribution is 2.31. The number of anilines is 1. The number of carbonyl (C=O) groups is 1. The van der Waals surface area contributed by atoms with Crippen molar-refractivity contribution in [2.75, 3.05) is 32.1 Å². The minimum Gasteiger partial charge on any atom is -0.308 e. The van der Waals surface area contributed by atoms with Crippen molar-refractivity contribution in [3.63, 3.8) is 0 Å². The maximum atomic E-state index is 13.3. The van der Waals surface area contributed by atoms with E-state index in [1.165, 1.54) is 5.56 Å². The Morgan fingerprint density at radius 1 is 1.00 bits per heavy atom. The Balaban J connectivity index is 2.01. The molecule has 26 heavy (non-hydrogen) atoms. The molecule has 3 aromatic rings. The summed E-state index contributed by atoms with van der Waals surface area (Å²) < 4.78 is 1.11. The number of likely N-dealkylation sites (N-methyl/N-ethyl adjacent to an activating group) is 1. The minimum atomic E-state index is 0.00617. The Kier molecular flexibility index (Phi) is 5.39. The van der Waals surface area contributed by atoms with Crippen molar-refractivity contribution in [1.29, 1.82) is 0 Å². The van der Waals surface area contributed by atoms with Crippen molar-refractivity contribution in [1.82, 2.24) is 9.88 Å². The van der Waals surface area contributed by atoms with E-state index in [9.17, 15) is 4.79 Å². The van der Waals surface area contributed by atoms with Crippen LogP contribution in [-0.2, 0) is 0 Å². The van der Waals surface area contributed by atoms with E-state index >= 15 is 0 Å². The van der Waals surface area contributed by atoms with Crippen LogP contribution in [0.25, 0.3) is 10.2 Å². The van der Waals surface area contributed by atoms with Crippen molar-refractivity contribution in [3.05, 3.63) is 58.7 Å². The molecular weight excluding hydrogens is 342 g/mol. The van der Waals surface area contributed by atoms with Crippen LogP contribution < -0.4 is 4.90 Å². The number of hydrogen-bond donors (Lipinski definition) is 0. The van der Waals surface area contributed by atoms with Crippen LogP contribution in [-0.4, -0.2) is 43.0 Å². The summed E-state index contributed by atoms with van der Waals surface area (Å²) in [5, 5.41) is 0.763. The fourth-order valence-corrected chi connectivity index (χ4v) is 3.87. The molecule has 136 valence electrons. The number of fused-ring (bicyclic) bond motifs is 1. The number of thiazole rings is 1. The monoisotopic (exact) mass is 367 g/mol. The van der Waals surface area contributed by atoms with E-state index in [0.717, 1.165) is 33.0 Å². The molecule has 0 radical (unpaired) electrons. The van der Waals surface area contributed by atoms with Gasteiger partial charge in [0.2, 0.25) is 0 Å². The SMILES string of the molecule is Cc1ccc(C(=O)N(CCN(C)C)c2nc3c(C)cccc3s2)cc1C. The molecule has 0 atom stereocenters. The number of carbonyl (C=O) groups excluding carboxylic acids is 1. The highest BCUT2D eigenvalue weighted by Gasteiger charge is 2.22. The van der Waals surface area contributed by atoms with Crippen molar-refractivity contribution in [2.45, 2.75) is 20.8 Å². The summed E-state index contributed by atoms with van der Waals surface area (Å²) in [6.45, 7) is 7.55. The van der Waals surface area contributed by atoms with Gasteiger partial charge in [-0.25, -0.2) is 4.98 Å². The molecule has 0 N–H and O–H groups in total. The largest absolute Gasteiger partial charge is 0.308 e. The molecule has 1 aromatic heterocycles. The van der Waals surface area contributed by atoms with Crippen LogP contribution in [0.4, 0.5) is 5.13 Å². The standard InChI is InChI=1S/C21H25N3OS/c1-14-9-10-17(13-16(14)3)20(25)24(12-11-23(4)5)21-22-19-15(2)7-6-8-18(19)26-21/h6-10,13H,11-12H2,1-5H3. The fourth-order valence-electron chi connectivity index (χ4n) is 2.80. The zero-order valence-electron chi connectivity index (χ0n) is 16.0. The molecule has 0 saturated carbocycles. The number of aryl methyl sites for hydroxylation is 3. The van der Waals surface area contributed by atoms with Gasteiger partial charge in [-0.15, -0.1) is 0 Å². The molecule has 5 heteroatoms. The van der Waals surface area contributed by atoms with Crippen molar-refractivity contribution in [3.8, 4) is 0 Å². The summed E-state index contributed by atoms with van der Waals surface area (Å²) in [6, 6.07) is 12.0. The Morgan fingerprint density at radius 3 is 2.42 bits per heavy atom. The summed E-state index contributed by atoms with van der Waals surface area (Å²) >= 11 is 1.58. The second-order valence-corrected chi connectivity index (χ2v) is 7.99.